The maximum absolute atomic E-state index is 13.7. The number of rotatable bonds is 5. The van der Waals surface area contributed by atoms with Crippen LogP contribution in [0.4, 0.5) is 15.8 Å². The van der Waals surface area contributed by atoms with Crippen molar-refractivity contribution in [2.45, 2.75) is 18.6 Å². The minimum absolute atomic E-state index is 0.0523. The van der Waals surface area contributed by atoms with E-state index in [1.165, 1.54) is 23.9 Å². The van der Waals surface area contributed by atoms with E-state index in [2.05, 4.69) is 26.2 Å². The summed E-state index contributed by atoms with van der Waals surface area (Å²) in [7, 11) is 0. The van der Waals surface area contributed by atoms with Gasteiger partial charge in [0.15, 0.2) is 5.17 Å². The normalized spacial score (nSPS) is 18.2. The van der Waals surface area contributed by atoms with Gasteiger partial charge in [-0.2, -0.15) is 0 Å². The third kappa shape index (κ3) is 4.56. The van der Waals surface area contributed by atoms with Crippen LogP contribution in [-0.4, -0.2) is 33.7 Å². The van der Waals surface area contributed by atoms with Crippen molar-refractivity contribution in [3.63, 3.8) is 0 Å². The predicted molar refractivity (Wildman–Crippen MR) is 110 cm³/mol. The summed E-state index contributed by atoms with van der Waals surface area (Å²) in [5, 5.41) is 2.49. The first-order chi connectivity index (χ1) is 13.0. The molecule has 1 saturated heterocycles. The van der Waals surface area contributed by atoms with Gasteiger partial charge in [0.2, 0.25) is 11.8 Å². The van der Waals surface area contributed by atoms with Crippen LogP contribution in [0.3, 0.4) is 0 Å². The quantitative estimate of drug-likeness (QED) is 0.726. The van der Waals surface area contributed by atoms with Gasteiger partial charge in [-0.15, -0.1) is 0 Å². The predicted octanol–water partition coefficient (Wildman–Crippen LogP) is 4.57. The Balaban J connectivity index is 1.74. The molecule has 5 nitrogen and oxygen atoms in total. The zero-order chi connectivity index (χ0) is 19.4. The number of benzene rings is 2. The molecule has 0 saturated carbocycles. The number of aliphatic imine (C=N–C) groups is 1. The highest BCUT2D eigenvalue weighted by Crippen LogP contribution is 2.33. The zero-order valence-electron chi connectivity index (χ0n) is 14.5. The molecule has 8 heteroatoms. The van der Waals surface area contributed by atoms with Crippen molar-refractivity contribution < 1.29 is 14.0 Å². The van der Waals surface area contributed by atoms with Crippen LogP contribution >= 0.6 is 27.7 Å². The van der Waals surface area contributed by atoms with Gasteiger partial charge in [-0.05, 0) is 47.1 Å². The molecule has 0 aromatic heterocycles. The van der Waals surface area contributed by atoms with Gasteiger partial charge in [0, 0.05) is 17.4 Å². The Bertz CT molecular complexity index is 906. The Labute approximate surface area is 169 Å². The standard InChI is InChI=1S/C19H17BrFN3O2S/c1-2-24-18(26)16(11-17(25)22-15-10-6-4-8-13(15)21)27-19(24)23-14-9-5-3-7-12(14)20/h3-10,16H,2,11H2,1H3,(H,22,25)/t16-/m0/s1. The van der Waals surface area contributed by atoms with E-state index in [0.717, 1.165) is 4.47 Å². The molecule has 0 unspecified atom stereocenters. The van der Waals surface area contributed by atoms with Gasteiger partial charge in [-0.25, -0.2) is 9.38 Å². The van der Waals surface area contributed by atoms with E-state index < -0.39 is 17.0 Å². The molecule has 27 heavy (non-hydrogen) atoms. The van der Waals surface area contributed by atoms with E-state index in [9.17, 15) is 14.0 Å². The smallest absolute Gasteiger partial charge is 0.242 e. The van der Waals surface area contributed by atoms with E-state index in [0.29, 0.717) is 17.4 Å². The molecule has 0 bridgehead atoms. The third-order valence-electron chi connectivity index (χ3n) is 3.92. The van der Waals surface area contributed by atoms with E-state index in [1.807, 2.05) is 31.2 Å². The lowest BCUT2D eigenvalue weighted by molar-refractivity contribution is -0.128. The number of amidine groups is 1. The summed E-state index contributed by atoms with van der Waals surface area (Å²) in [5.74, 6) is -1.09. The maximum atomic E-state index is 13.7. The Morgan fingerprint density at radius 1 is 1.26 bits per heavy atom. The second kappa shape index (κ2) is 8.67. The number of amides is 2. The van der Waals surface area contributed by atoms with Crippen molar-refractivity contribution in [3.05, 3.63) is 58.8 Å². The van der Waals surface area contributed by atoms with Crippen LogP contribution in [-0.2, 0) is 9.59 Å². The Hall–Kier alpha value is -2.19. The molecule has 140 valence electrons. The van der Waals surface area contributed by atoms with E-state index >= 15 is 0 Å². The van der Waals surface area contributed by atoms with E-state index in [1.54, 1.807) is 17.0 Å². The molecule has 2 aromatic rings. The summed E-state index contributed by atoms with van der Waals surface area (Å²) in [5.41, 5.74) is 0.815. The second-order valence-electron chi connectivity index (χ2n) is 5.77. The number of hydrogen-bond acceptors (Lipinski definition) is 4. The van der Waals surface area contributed by atoms with Crippen molar-refractivity contribution in [2.24, 2.45) is 4.99 Å². The SMILES string of the molecule is CCN1C(=O)[C@H](CC(=O)Nc2ccccc2F)SC1=Nc1ccccc1Br. The summed E-state index contributed by atoms with van der Waals surface area (Å²) in [6, 6.07) is 13.4. The van der Waals surface area contributed by atoms with Gasteiger partial charge in [-0.1, -0.05) is 36.0 Å². The van der Waals surface area contributed by atoms with Gasteiger partial charge in [0.05, 0.1) is 11.4 Å². The molecule has 1 heterocycles. The van der Waals surface area contributed by atoms with Crippen LogP contribution < -0.4 is 5.32 Å². The lowest BCUT2D eigenvalue weighted by atomic mass is 10.2. The van der Waals surface area contributed by atoms with E-state index in [4.69, 9.17) is 0 Å². The first kappa shape index (κ1) is 19.6. The minimum Gasteiger partial charge on any atom is -0.324 e. The zero-order valence-corrected chi connectivity index (χ0v) is 16.9. The van der Waals surface area contributed by atoms with Gasteiger partial charge in [0.25, 0.3) is 0 Å². The molecule has 1 atom stereocenters. The first-order valence-corrected chi connectivity index (χ1v) is 10.0. The fourth-order valence-corrected chi connectivity index (χ4v) is 4.18. The maximum Gasteiger partial charge on any atom is 0.242 e. The average Bonchev–Trinajstić information content (AvgIpc) is 2.93. The molecule has 0 radical (unpaired) electrons. The summed E-state index contributed by atoms with van der Waals surface area (Å²) in [4.78, 5) is 31.0. The number of carbonyl (C=O) groups is 2. The number of halogens is 2. The number of nitrogens with zero attached hydrogens (tertiary/aromatic N) is 2. The van der Waals surface area contributed by atoms with E-state index in [-0.39, 0.29) is 18.0 Å². The van der Waals surface area contributed by atoms with Crippen molar-refractivity contribution in [3.8, 4) is 0 Å². The molecule has 1 N–H and O–H groups in total. The molecule has 2 amide bonds. The summed E-state index contributed by atoms with van der Waals surface area (Å²) in [6.45, 7) is 2.32. The molecule has 1 fully saturated rings. The van der Waals surface area contributed by atoms with Crippen molar-refractivity contribution in [2.75, 3.05) is 11.9 Å². The van der Waals surface area contributed by atoms with Crippen molar-refractivity contribution in [1.82, 2.24) is 4.90 Å². The Morgan fingerprint density at radius 3 is 2.67 bits per heavy atom. The monoisotopic (exact) mass is 449 g/mol. The summed E-state index contributed by atoms with van der Waals surface area (Å²) >= 11 is 4.69. The number of nitrogens with one attached hydrogen (secondary N) is 1. The van der Waals surface area contributed by atoms with Gasteiger partial charge in [0.1, 0.15) is 11.1 Å². The van der Waals surface area contributed by atoms with Gasteiger partial charge >= 0.3 is 0 Å². The van der Waals surface area contributed by atoms with Crippen LogP contribution in [0, 0.1) is 5.82 Å². The molecular weight excluding hydrogens is 433 g/mol. The highest BCUT2D eigenvalue weighted by atomic mass is 79.9. The number of thioether (sulfide) groups is 1. The van der Waals surface area contributed by atoms with Gasteiger partial charge in [-0.3, -0.25) is 14.5 Å². The Morgan fingerprint density at radius 2 is 1.96 bits per heavy atom. The third-order valence-corrected chi connectivity index (χ3v) is 5.77. The van der Waals surface area contributed by atoms with Crippen LogP contribution in [0.15, 0.2) is 58.0 Å². The highest BCUT2D eigenvalue weighted by Gasteiger charge is 2.38. The fourth-order valence-electron chi connectivity index (χ4n) is 2.59. The molecule has 1 aliphatic rings. The first-order valence-electron chi connectivity index (χ1n) is 8.35. The molecule has 1 aliphatic heterocycles. The fraction of sp³-hybridized carbons (Fsp3) is 0.211. The number of carbonyl (C=O) groups excluding carboxylic acids is 2. The van der Waals surface area contributed by atoms with Crippen LogP contribution in [0.1, 0.15) is 13.3 Å². The molecule has 0 spiro atoms. The summed E-state index contributed by atoms with van der Waals surface area (Å²) in [6.07, 6.45) is -0.0523. The van der Waals surface area contributed by atoms with Crippen LogP contribution in [0.5, 0.6) is 0 Å². The van der Waals surface area contributed by atoms with Crippen LogP contribution in [0.2, 0.25) is 0 Å². The molecule has 3 rings (SSSR count). The molecular formula is C19H17BrFN3O2S. The lowest BCUT2D eigenvalue weighted by Gasteiger charge is -2.13. The number of anilines is 1. The van der Waals surface area contributed by atoms with Crippen molar-refractivity contribution in [1.29, 1.82) is 0 Å². The highest BCUT2D eigenvalue weighted by molar-refractivity contribution is 9.10. The lowest BCUT2D eigenvalue weighted by Crippen LogP contribution is -2.33. The molecule has 2 aromatic carbocycles. The second-order valence-corrected chi connectivity index (χ2v) is 7.79. The number of para-hydroxylation sites is 2. The largest absolute Gasteiger partial charge is 0.324 e. The summed E-state index contributed by atoms with van der Waals surface area (Å²) < 4.78 is 14.5. The topological polar surface area (TPSA) is 61.8 Å². The van der Waals surface area contributed by atoms with Gasteiger partial charge < -0.3 is 5.32 Å². The average molecular weight is 450 g/mol. The number of hydrogen-bond donors (Lipinski definition) is 1. The van der Waals surface area contributed by atoms with Crippen molar-refractivity contribution >= 4 is 56.0 Å². The Kier molecular flexibility index (Phi) is 6.28. The van der Waals surface area contributed by atoms with Crippen LogP contribution in [0.25, 0.3) is 0 Å². The minimum atomic E-state index is -0.585. The molecule has 0 aliphatic carbocycles.